The van der Waals surface area contributed by atoms with Crippen LogP contribution < -0.4 is 0 Å². The summed E-state index contributed by atoms with van der Waals surface area (Å²) in [6, 6.07) is 0. The van der Waals surface area contributed by atoms with Crippen LogP contribution in [0.3, 0.4) is 0 Å². The second kappa shape index (κ2) is 6.83. The van der Waals surface area contributed by atoms with Crippen molar-refractivity contribution in [3.05, 3.63) is 0 Å². The van der Waals surface area contributed by atoms with Gasteiger partial charge in [0.1, 0.15) is 0 Å². The summed E-state index contributed by atoms with van der Waals surface area (Å²) in [6.45, 7) is 6.27. The molecule has 1 nitrogen and oxygen atoms in total. The van der Waals surface area contributed by atoms with Gasteiger partial charge in [-0.3, -0.25) is 0 Å². The summed E-state index contributed by atoms with van der Waals surface area (Å²) in [5.74, 6) is 0.912. The molecule has 0 saturated carbocycles. The highest BCUT2D eigenvalue weighted by molar-refractivity contribution is 9.09. The Morgan fingerprint density at radius 3 is 2.92 bits per heavy atom. The molecule has 0 aromatic heterocycles. The standard InChI is InChI=1S/C11H22BrN/c1-2-3-4-7-13-8-5-6-11(9-12)10-13/h11H,2-10H2,1H3. The minimum atomic E-state index is 0.912. The van der Waals surface area contributed by atoms with Crippen LogP contribution in [0, 0.1) is 5.92 Å². The Bertz CT molecular complexity index is 127. The van der Waals surface area contributed by atoms with E-state index >= 15 is 0 Å². The number of piperidine rings is 1. The first-order valence-electron chi connectivity index (χ1n) is 5.65. The van der Waals surface area contributed by atoms with Gasteiger partial charge in [0, 0.05) is 11.9 Å². The van der Waals surface area contributed by atoms with Gasteiger partial charge >= 0.3 is 0 Å². The van der Waals surface area contributed by atoms with Gasteiger partial charge < -0.3 is 4.90 Å². The fourth-order valence-electron chi connectivity index (χ4n) is 2.07. The van der Waals surface area contributed by atoms with Crippen molar-refractivity contribution in [2.24, 2.45) is 5.92 Å². The minimum Gasteiger partial charge on any atom is -0.303 e. The number of hydrogen-bond acceptors (Lipinski definition) is 1. The van der Waals surface area contributed by atoms with Gasteiger partial charge in [-0.15, -0.1) is 0 Å². The summed E-state index contributed by atoms with van der Waals surface area (Å²) in [4.78, 5) is 2.64. The molecule has 1 aliphatic heterocycles. The van der Waals surface area contributed by atoms with Crippen molar-refractivity contribution >= 4 is 15.9 Å². The zero-order valence-electron chi connectivity index (χ0n) is 8.77. The molecule has 2 heteroatoms. The summed E-state index contributed by atoms with van der Waals surface area (Å²) in [5, 5.41) is 1.19. The van der Waals surface area contributed by atoms with Gasteiger partial charge in [0.25, 0.3) is 0 Å². The normalized spacial score (nSPS) is 24.9. The molecule has 1 rings (SSSR count). The van der Waals surface area contributed by atoms with Crippen molar-refractivity contribution in [2.45, 2.75) is 39.0 Å². The number of unbranched alkanes of at least 4 members (excludes halogenated alkanes) is 2. The fourth-order valence-corrected chi connectivity index (χ4v) is 2.59. The molecule has 0 aromatic rings. The van der Waals surface area contributed by atoms with Gasteiger partial charge in [0.15, 0.2) is 0 Å². The zero-order valence-corrected chi connectivity index (χ0v) is 10.4. The number of rotatable bonds is 5. The van der Waals surface area contributed by atoms with Gasteiger partial charge in [-0.1, -0.05) is 35.7 Å². The molecule has 0 radical (unpaired) electrons. The molecule has 0 N–H and O–H groups in total. The predicted molar refractivity (Wildman–Crippen MR) is 62.5 cm³/mol. The van der Waals surface area contributed by atoms with Crippen molar-refractivity contribution in [3.8, 4) is 0 Å². The molecule has 0 aliphatic carbocycles. The highest BCUT2D eigenvalue weighted by Crippen LogP contribution is 2.18. The molecular formula is C11H22BrN. The SMILES string of the molecule is CCCCCN1CCCC(CBr)C1. The molecule has 0 bridgehead atoms. The molecule has 1 aliphatic rings. The summed E-state index contributed by atoms with van der Waals surface area (Å²) < 4.78 is 0. The first-order valence-corrected chi connectivity index (χ1v) is 6.77. The van der Waals surface area contributed by atoms with Crippen molar-refractivity contribution < 1.29 is 0 Å². The van der Waals surface area contributed by atoms with E-state index in [-0.39, 0.29) is 0 Å². The summed E-state index contributed by atoms with van der Waals surface area (Å²) in [6.07, 6.45) is 6.97. The monoisotopic (exact) mass is 247 g/mol. The molecule has 78 valence electrons. The van der Waals surface area contributed by atoms with Gasteiger partial charge in [0.2, 0.25) is 0 Å². The average Bonchev–Trinajstić information content (AvgIpc) is 2.19. The lowest BCUT2D eigenvalue weighted by atomic mass is 10.00. The van der Waals surface area contributed by atoms with Gasteiger partial charge in [-0.25, -0.2) is 0 Å². The van der Waals surface area contributed by atoms with Crippen molar-refractivity contribution in [1.82, 2.24) is 4.90 Å². The Morgan fingerprint density at radius 1 is 1.38 bits per heavy atom. The third-order valence-electron chi connectivity index (χ3n) is 2.90. The third-order valence-corrected chi connectivity index (χ3v) is 3.81. The van der Waals surface area contributed by atoms with Crippen LogP contribution in [0.5, 0.6) is 0 Å². The van der Waals surface area contributed by atoms with Crippen LogP contribution in [0.2, 0.25) is 0 Å². The van der Waals surface area contributed by atoms with Crippen molar-refractivity contribution in [2.75, 3.05) is 25.0 Å². The lowest BCUT2D eigenvalue weighted by Crippen LogP contribution is -2.36. The molecule has 0 amide bonds. The highest BCUT2D eigenvalue weighted by Gasteiger charge is 2.17. The van der Waals surface area contributed by atoms with Crippen LogP contribution in [0.25, 0.3) is 0 Å². The van der Waals surface area contributed by atoms with Gasteiger partial charge in [0.05, 0.1) is 0 Å². The number of likely N-dealkylation sites (tertiary alicyclic amines) is 1. The molecule has 0 spiro atoms. The van der Waals surface area contributed by atoms with E-state index in [0.717, 1.165) is 5.92 Å². The molecule has 1 heterocycles. The van der Waals surface area contributed by atoms with E-state index < -0.39 is 0 Å². The van der Waals surface area contributed by atoms with E-state index in [1.54, 1.807) is 0 Å². The summed E-state index contributed by atoms with van der Waals surface area (Å²) in [5.41, 5.74) is 0. The lowest BCUT2D eigenvalue weighted by molar-refractivity contribution is 0.184. The zero-order chi connectivity index (χ0) is 9.52. The van der Waals surface area contributed by atoms with Crippen LogP contribution in [0.1, 0.15) is 39.0 Å². The molecular weight excluding hydrogens is 226 g/mol. The lowest BCUT2D eigenvalue weighted by Gasteiger charge is -2.31. The van der Waals surface area contributed by atoms with E-state index in [1.807, 2.05) is 0 Å². The van der Waals surface area contributed by atoms with E-state index in [1.165, 1.54) is 57.1 Å². The van der Waals surface area contributed by atoms with Crippen LogP contribution >= 0.6 is 15.9 Å². The Labute approximate surface area is 91.0 Å². The van der Waals surface area contributed by atoms with Crippen LogP contribution in [0.15, 0.2) is 0 Å². The topological polar surface area (TPSA) is 3.24 Å². The van der Waals surface area contributed by atoms with Gasteiger partial charge in [-0.05, 0) is 38.3 Å². The molecule has 1 unspecified atom stereocenters. The summed E-state index contributed by atoms with van der Waals surface area (Å²) >= 11 is 3.59. The molecule has 1 fully saturated rings. The average molecular weight is 248 g/mol. The smallest absolute Gasteiger partial charge is 0.00718 e. The number of alkyl halides is 1. The molecule has 1 atom stereocenters. The third kappa shape index (κ3) is 4.46. The number of hydrogen-bond donors (Lipinski definition) is 0. The van der Waals surface area contributed by atoms with E-state index in [9.17, 15) is 0 Å². The maximum atomic E-state index is 3.59. The fraction of sp³-hybridized carbons (Fsp3) is 1.00. The van der Waals surface area contributed by atoms with Gasteiger partial charge in [-0.2, -0.15) is 0 Å². The van der Waals surface area contributed by atoms with E-state index in [0.29, 0.717) is 0 Å². The first kappa shape index (κ1) is 11.5. The first-order chi connectivity index (χ1) is 6.36. The summed E-state index contributed by atoms with van der Waals surface area (Å²) in [7, 11) is 0. The van der Waals surface area contributed by atoms with Crippen molar-refractivity contribution in [3.63, 3.8) is 0 Å². The second-order valence-corrected chi connectivity index (χ2v) is 4.82. The quantitative estimate of drug-likeness (QED) is 0.533. The largest absolute Gasteiger partial charge is 0.303 e. The Balaban J connectivity index is 2.11. The second-order valence-electron chi connectivity index (χ2n) is 4.17. The van der Waals surface area contributed by atoms with Crippen LogP contribution in [-0.4, -0.2) is 29.9 Å². The molecule has 1 saturated heterocycles. The number of halogens is 1. The van der Waals surface area contributed by atoms with Crippen LogP contribution in [-0.2, 0) is 0 Å². The van der Waals surface area contributed by atoms with Crippen LogP contribution in [0.4, 0.5) is 0 Å². The Hall–Kier alpha value is 0.440. The molecule has 13 heavy (non-hydrogen) atoms. The minimum absolute atomic E-state index is 0.912. The highest BCUT2D eigenvalue weighted by atomic mass is 79.9. The Morgan fingerprint density at radius 2 is 2.23 bits per heavy atom. The molecule has 0 aromatic carbocycles. The Kier molecular flexibility index (Phi) is 6.05. The predicted octanol–water partition coefficient (Wildman–Crippen LogP) is 3.28. The maximum absolute atomic E-state index is 3.59. The number of nitrogens with zero attached hydrogens (tertiary/aromatic N) is 1. The maximum Gasteiger partial charge on any atom is 0.00718 e. The van der Waals surface area contributed by atoms with E-state index in [4.69, 9.17) is 0 Å². The van der Waals surface area contributed by atoms with Crippen molar-refractivity contribution in [1.29, 1.82) is 0 Å². The van der Waals surface area contributed by atoms with E-state index in [2.05, 4.69) is 27.8 Å².